The van der Waals surface area contributed by atoms with Crippen LogP contribution in [0.25, 0.3) is 0 Å². The molecule has 16 heavy (non-hydrogen) atoms. The summed E-state index contributed by atoms with van der Waals surface area (Å²) in [6.45, 7) is 1.98. The fourth-order valence-electron chi connectivity index (χ4n) is 2.53. The number of aromatic nitrogens is 2. The number of halogens is 1. The maximum Gasteiger partial charge on any atom is 0.224 e. The van der Waals surface area contributed by atoms with Crippen molar-refractivity contribution in [2.45, 2.75) is 44.4 Å². The van der Waals surface area contributed by atoms with E-state index in [2.05, 4.69) is 15.3 Å². The van der Waals surface area contributed by atoms with Gasteiger partial charge in [-0.1, -0.05) is 0 Å². The minimum Gasteiger partial charge on any atom is -0.373 e. The summed E-state index contributed by atoms with van der Waals surface area (Å²) in [6.07, 6.45) is 5.96. The van der Waals surface area contributed by atoms with Gasteiger partial charge in [-0.05, 0) is 37.8 Å². The van der Waals surface area contributed by atoms with Gasteiger partial charge in [-0.15, -0.1) is 0 Å². The van der Waals surface area contributed by atoms with Gasteiger partial charge < -0.3 is 10.1 Å². The van der Waals surface area contributed by atoms with Crippen LogP contribution >= 0.6 is 11.6 Å². The summed E-state index contributed by atoms with van der Waals surface area (Å²) in [7, 11) is 0. The Kier molecular flexibility index (Phi) is 2.48. The first-order chi connectivity index (χ1) is 7.72. The van der Waals surface area contributed by atoms with E-state index in [1.807, 2.05) is 6.92 Å². The van der Waals surface area contributed by atoms with Crippen LogP contribution in [0.4, 0.5) is 5.82 Å². The molecule has 2 fully saturated rings. The summed E-state index contributed by atoms with van der Waals surface area (Å²) in [5.41, 5.74) is 1.02. The zero-order valence-electron chi connectivity index (χ0n) is 9.11. The number of ether oxygens (including phenoxy) is 1. The van der Waals surface area contributed by atoms with Gasteiger partial charge in [-0.2, -0.15) is 0 Å². The van der Waals surface area contributed by atoms with E-state index in [9.17, 15) is 0 Å². The second kappa shape index (κ2) is 3.86. The van der Waals surface area contributed by atoms with Crippen LogP contribution in [0.15, 0.2) is 6.20 Å². The Morgan fingerprint density at radius 2 is 2.38 bits per heavy atom. The van der Waals surface area contributed by atoms with Crippen LogP contribution in [-0.2, 0) is 4.74 Å². The van der Waals surface area contributed by atoms with Crippen LogP contribution in [0, 0.1) is 6.92 Å². The number of hydrogen-bond acceptors (Lipinski definition) is 4. The molecule has 3 atom stereocenters. The Morgan fingerprint density at radius 3 is 3.06 bits per heavy atom. The zero-order chi connectivity index (χ0) is 11.1. The fraction of sp³-hybridized carbons (Fsp3) is 0.636. The average Bonchev–Trinajstić information content (AvgIpc) is 2.85. The van der Waals surface area contributed by atoms with Crippen molar-refractivity contribution in [3.05, 3.63) is 17.0 Å². The van der Waals surface area contributed by atoms with Gasteiger partial charge in [0.1, 0.15) is 5.82 Å². The van der Waals surface area contributed by atoms with Crippen LogP contribution in [0.5, 0.6) is 0 Å². The maximum absolute atomic E-state index is 5.79. The van der Waals surface area contributed by atoms with E-state index in [-0.39, 0.29) is 5.28 Å². The van der Waals surface area contributed by atoms with Crippen LogP contribution in [0.3, 0.4) is 0 Å². The fourth-order valence-corrected chi connectivity index (χ4v) is 2.67. The van der Waals surface area contributed by atoms with Crippen molar-refractivity contribution in [3.8, 4) is 0 Å². The summed E-state index contributed by atoms with van der Waals surface area (Å²) < 4.78 is 5.79. The Labute approximate surface area is 99.4 Å². The molecule has 5 heteroatoms. The lowest BCUT2D eigenvalue weighted by atomic mass is 9.95. The molecule has 2 aliphatic rings. The summed E-state index contributed by atoms with van der Waals surface area (Å²) >= 11 is 5.79. The number of nitrogens with one attached hydrogen (secondary N) is 1. The first kappa shape index (κ1) is 10.3. The van der Waals surface area contributed by atoms with E-state index in [0.717, 1.165) is 24.2 Å². The molecular formula is C11H14ClN3O. The number of hydrogen-bond donors (Lipinski definition) is 1. The van der Waals surface area contributed by atoms with E-state index in [1.165, 1.54) is 6.42 Å². The summed E-state index contributed by atoms with van der Waals surface area (Å²) in [5.74, 6) is 0.834. The molecule has 0 aromatic carbocycles. The molecule has 2 aliphatic heterocycles. The molecule has 0 saturated carbocycles. The third kappa shape index (κ3) is 1.76. The predicted molar refractivity (Wildman–Crippen MR) is 61.7 cm³/mol. The zero-order valence-corrected chi connectivity index (χ0v) is 9.87. The Hall–Kier alpha value is -0.870. The molecule has 3 unspecified atom stereocenters. The van der Waals surface area contributed by atoms with Crippen LogP contribution in [-0.4, -0.2) is 28.2 Å². The molecule has 1 N–H and O–H groups in total. The number of rotatable bonds is 2. The van der Waals surface area contributed by atoms with Gasteiger partial charge in [0.05, 0.1) is 18.2 Å². The minimum atomic E-state index is 0.289. The Morgan fingerprint density at radius 1 is 1.50 bits per heavy atom. The van der Waals surface area contributed by atoms with Crippen molar-refractivity contribution in [3.63, 3.8) is 0 Å². The van der Waals surface area contributed by atoms with Gasteiger partial charge in [0.15, 0.2) is 0 Å². The van der Waals surface area contributed by atoms with Crippen LogP contribution in [0.1, 0.15) is 24.8 Å². The molecule has 1 aromatic rings. The SMILES string of the molecule is Cc1cnc(Cl)nc1NC1CC2CCC1O2. The smallest absolute Gasteiger partial charge is 0.224 e. The summed E-state index contributed by atoms with van der Waals surface area (Å²) in [4.78, 5) is 8.15. The lowest BCUT2D eigenvalue weighted by molar-refractivity contribution is 0.102. The molecule has 0 amide bonds. The highest BCUT2D eigenvalue weighted by Gasteiger charge is 2.40. The quantitative estimate of drug-likeness (QED) is 0.804. The molecular weight excluding hydrogens is 226 g/mol. The van der Waals surface area contributed by atoms with Crippen molar-refractivity contribution in [2.75, 3.05) is 5.32 Å². The molecule has 3 rings (SSSR count). The first-order valence-corrected chi connectivity index (χ1v) is 6.01. The lowest BCUT2D eigenvalue weighted by Gasteiger charge is -2.21. The maximum atomic E-state index is 5.79. The van der Waals surface area contributed by atoms with Crippen molar-refractivity contribution in [2.24, 2.45) is 0 Å². The van der Waals surface area contributed by atoms with Crippen molar-refractivity contribution in [1.82, 2.24) is 9.97 Å². The highest BCUT2D eigenvalue weighted by atomic mass is 35.5. The topological polar surface area (TPSA) is 47.0 Å². The molecule has 0 radical (unpaired) electrons. The number of nitrogens with zero attached hydrogens (tertiary/aromatic N) is 2. The molecule has 4 nitrogen and oxygen atoms in total. The molecule has 1 aromatic heterocycles. The number of aryl methyl sites for hydroxylation is 1. The molecule has 2 bridgehead atoms. The number of anilines is 1. The normalized spacial score (nSPS) is 32.0. The highest BCUT2D eigenvalue weighted by Crippen LogP contribution is 2.36. The van der Waals surface area contributed by atoms with E-state index in [4.69, 9.17) is 16.3 Å². The second-order valence-corrected chi connectivity index (χ2v) is 4.87. The van der Waals surface area contributed by atoms with Crippen molar-refractivity contribution >= 4 is 17.4 Å². The van der Waals surface area contributed by atoms with Gasteiger partial charge in [0, 0.05) is 11.8 Å². The first-order valence-electron chi connectivity index (χ1n) is 5.63. The van der Waals surface area contributed by atoms with E-state index in [0.29, 0.717) is 18.2 Å². The van der Waals surface area contributed by atoms with Gasteiger partial charge in [0.25, 0.3) is 0 Å². The number of fused-ring (bicyclic) bond motifs is 2. The standard InChI is InChI=1S/C11H14ClN3O/c1-6-5-13-11(12)15-10(6)14-8-4-7-2-3-9(8)16-7/h5,7-9H,2-4H2,1H3,(H,13,14,15). The summed E-state index contributed by atoms with van der Waals surface area (Å²) in [6, 6.07) is 0.378. The molecule has 0 spiro atoms. The predicted octanol–water partition coefficient (Wildman–Crippen LogP) is 2.17. The van der Waals surface area contributed by atoms with Gasteiger partial charge in [-0.25, -0.2) is 9.97 Å². The Bertz CT molecular complexity index is 412. The largest absolute Gasteiger partial charge is 0.373 e. The van der Waals surface area contributed by atoms with E-state index >= 15 is 0 Å². The highest BCUT2D eigenvalue weighted by molar-refractivity contribution is 6.28. The molecule has 3 heterocycles. The van der Waals surface area contributed by atoms with Crippen molar-refractivity contribution < 1.29 is 4.74 Å². The van der Waals surface area contributed by atoms with Gasteiger partial charge in [-0.3, -0.25) is 0 Å². The second-order valence-electron chi connectivity index (χ2n) is 4.53. The molecule has 86 valence electrons. The lowest BCUT2D eigenvalue weighted by Crippen LogP contribution is -2.31. The van der Waals surface area contributed by atoms with E-state index in [1.54, 1.807) is 6.20 Å². The van der Waals surface area contributed by atoms with Gasteiger partial charge >= 0.3 is 0 Å². The monoisotopic (exact) mass is 239 g/mol. The molecule has 2 saturated heterocycles. The van der Waals surface area contributed by atoms with E-state index < -0.39 is 0 Å². The van der Waals surface area contributed by atoms with Crippen LogP contribution < -0.4 is 5.32 Å². The minimum absolute atomic E-state index is 0.289. The third-order valence-electron chi connectivity index (χ3n) is 3.37. The molecule has 0 aliphatic carbocycles. The average molecular weight is 240 g/mol. The Balaban J connectivity index is 1.76. The van der Waals surface area contributed by atoms with Crippen molar-refractivity contribution in [1.29, 1.82) is 0 Å². The third-order valence-corrected chi connectivity index (χ3v) is 3.55. The van der Waals surface area contributed by atoms with Crippen LogP contribution in [0.2, 0.25) is 5.28 Å². The van der Waals surface area contributed by atoms with Gasteiger partial charge in [0.2, 0.25) is 5.28 Å². The summed E-state index contributed by atoms with van der Waals surface area (Å²) in [5, 5.41) is 3.71.